The van der Waals surface area contributed by atoms with E-state index in [1.54, 1.807) is 11.9 Å². The standard InChI is InChI=1S/C20H32N4O2.HI/c1-16(26-17-10-6-5-7-11-17)14-22-19(21-2)23-15-20(12-8-9-13-20)18(25)24(3)4;/h5-7,10-11,16H,8-9,12-15H2,1-4H3,(H2,21,22,23);1H. The van der Waals surface area contributed by atoms with Crippen molar-refractivity contribution in [3.8, 4) is 5.75 Å². The number of benzene rings is 1. The zero-order valence-electron chi connectivity index (χ0n) is 16.8. The van der Waals surface area contributed by atoms with Gasteiger partial charge < -0.3 is 20.3 Å². The number of nitrogens with zero attached hydrogens (tertiary/aromatic N) is 2. The van der Waals surface area contributed by atoms with Gasteiger partial charge in [-0.25, -0.2) is 0 Å². The number of carbonyl (C=O) groups is 1. The molecule has 1 amide bonds. The second-order valence-corrected chi connectivity index (χ2v) is 7.24. The van der Waals surface area contributed by atoms with Crippen LogP contribution < -0.4 is 15.4 Å². The molecule has 1 saturated carbocycles. The van der Waals surface area contributed by atoms with E-state index in [9.17, 15) is 4.79 Å². The summed E-state index contributed by atoms with van der Waals surface area (Å²) in [6.45, 7) is 3.25. The van der Waals surface area contributed by atoms with Crippen LogP contribution >= 0.6 is 24.0 Å². The third kappa shape index (κ3) is 6.86. The van der Waals surface area contributed by atoms with E-state index in [4.69, 9.17) is 4.74 Å². The lowest BCUT2D eigenvalue weighted by atomic mass is 9.84. The van der Waals surface area contributed by atoms with Crippen molar-refractivity contribution in [1.82, 2.24) is 15.5 Å². The van der Waals surface area contributed by atoms with E-state index in [-0.39, 0.29) is 41.4 Å². The van der Waals surface area contributed by atoms with E-state index < -0.39 is 0 Å². The van der Waals surface area contributed by atoms with Crippen molar-refractivity contribution in [2.45, 2.75) is 38.7 Å². The van der Waals surface area contributed by atoms with E-state index in [1.165, 1.54) is 0 Å². The van der Waals surface area contributed by atoms with E-state index in [0.29, 0.717) is 19.0 Å². The van der Waals surface area contributed by atoms with Crippen LogP contribution in [0.2, 0.25) is 0 Å². The molecule has 1 aromatic rings. The highest BCUT2D eigenvalue weighted by Gasteiger charge is 2.42. The van der Waals surface area contributed by atoms with Crippen molar-refractivity contribution in [1.29, 1.82) is 0 Å². The van der Waals surface area contributed by atoms with Gasteiger partial charge in [-0.15, -0.1) is 24.0 Å². The molecule has 1 aromatic carbocycles. The molecule has 27 heavy (non-hydrogen) atoms. The molecule has 0 aliphatic heterocycles. The molecular formula is C20H33IN4O2. The fraction of sp³-hybridized carbons (Fsp3) is 0.600. The highest BCUT2D eigenvalue weighted by molar-refractivity contribution is 14.0. The molecule has 0 heterocycles. The van der Waals surface area contributed by atoms with Gasteiger partial charge in [0.25, 0.3) is 0 Å². The molecule has 152 valence electrons. The van der Waals surface area contributed by atoms with Gasteiger partial charge in [-0.2, -0.15) is 0 Å². The fourth-order valence-corrected chi connectivity index (χ4v) is 3.48. The molecule has 2 rings (SSSR count). The summed E-state index contributed by atoms with van der Waals surface area (Å²) in [5.74, 6) is 1.76. The number of guanidine groups is 1. The molecule has 2 N–H and O–H groups in total. The van der Waals surface area contributed by atoms with Crippen LogP contribution in [0.5, 0.6) is 5.75 Å². The molecule has 1 aliphatic rings. The van der Waals surface area contributed by atoms with Gasteiger partial charge in [0.15, 0.2) is 5.96 Å². The van der Waals surface area contributed by atoms with Gasteiger partial charge in [-0.3, -0.25) is 9.79 Å². The lowest BCUT2D eigenvalue weighted by Crippen LogP contribution is -2.50. The molecule has 0 spiro atoms. The van der Waals surface area contributed by atoms with E-state index in [2.05, 4.69) is 15.6 Å². The first kappa shape index (κ1) is 23.5. The Kier molecular flexibility index (Phi) is 9.90. The summed E-state index contributed by atoms with van der Waals surface area (Å²) in [6.07, 6.45) is 4.08. The molecule has 7 heteroatoms. The maximum atomic E-state index is 12.6. The Hall–Kier alpha value is -1.51. The minimum absolute atomic E-state index is 0. The quantitative estimate of drug-likeness (QED) is 0.352. The lowest BCUT2D eigenvalue weighted by Gasteiger charge is -2.31. The number of para-hydroxylation sites is 1. The van der Waals surface area contributed by atoms with Crippen molar-refractivity contribution in [2.75, 3.05) is 34.2 Å². The number of carbonyl (C=O) groups excluding carboxylic acids is 1. The van der Waals surface area contributed by atoms with Crippen LogP contribution in [0, 0.1) is 5.41 Å². The van der Waals surface area contributed by atoms with Crippen molar-refractivity contribution >= 4 is 35.8 Å². The van der Waals surface area contributed by atoms with Crippen LogP contribution in [0.15, 0.2) is 35.3 Å². The normalized spacial score (nSPS) is 16.8. The number of amides is 1. The predicted octanol–water partition coefficient (Wildman–Crippen LogP) is 2.89. The summed E-state index contributed by atoms with van der Waals surface area (Å²) < 4.78 is 5.87. The predicted molar refractivity (Wildman–Crippen MR) is 121 cm³/mol. The first-order valence-electron chi connectivity index (χ1n) is 9.35. The average Bonchev–Trinajstić information content (AvgIpc) is 3.12. The molecular weight excluding hydrogens is 455 g/mol. The van der Waals surface area contributed by atoms with Crippen molar-refractivity contribution in [3.63, 3.8) is 0 Å². The van der Waals surface area contributed by atoms with E-state index in [1.807, 2.05) is 51.4 Å². The molecule has 1 atom stereocenters. The van der Waals surface area contributed by atoms with Crippen molar-refractivity contribution in [3.05, 3.63) is 30.3 Å². The molecule has 0 bridgehead atoms. The van der Waals surface area contributed by atoms with Gasteiger partial charge in [-0.05, 0) is 31.9 Å². The smallest absolute Gasteiger partial charge is 0.230 e. The van der Waals surface area contributed by atoms with Crippen LogP contribution in [-0.2, 0) is 4.79 Å². The van der Waals surface area contributed by atoms with E-state index in [0.717, 1.165) is 31.4 Å². The number of aliphatic imine (C=N–C) groups is 1. The third-order valence-electron chi connectivity index (χ3n) is 4.88. The molecule has 0 radical (unpaired) electrons. The van der Waals surface area contributed by atoms with Gasteiger partial charge in [-0.1, -0.05) is 31.0 Å². The van der Waals surface area contributed by atoms with Crippen LogP contribution in [-0.4, -0.2) is 57.1 Å². The summed E-state index contributed by atoms with van der Waals surface area (Å²) >= 11 is 0. The summed E-state index contributed by atoms with van der Waals surface area (Å²) in [5, 5.41) is 6.63. The third-order valence-corrected chi connectivity index (χ3v) is 4.88. The minimum Gasteiger partial charge on any atom is -0.489 e. The first-order valence-corrected chi connectivity index (χ1v) is 9.35. The summed E-state index contributed by atoms with van der Waals surface area (Å²) in [4.78, 5) is 18.6. The van der Waals surface area contributed by atoms with Gasteiger partial charge in [0.1, 0.15) is 11.9 Å². The summed E-state index contributed by atoms with van der Waals surface area (Å²) in [5.41, 5.74) is -0.312. The molecule has 1 unspecified atom stereocenters. The number of hydrogen-bond donors (Lipinski definition) is 2. The minimum atomic E-state index is -0.312. The Morgan fingerprint density at radius 1 is 1.22 bits per heavy atom. The van der Waals surface area contributed by atoms with Crippen molar-refractivity contribution in [2.24, 2.45) is 10.4 Å². The Labute approximate surface area is 180 Å². The lowest BCUT2D eigenvalue weighted by molar-refractivity contribution is -0.138. The van der Waals surface area contributed by atoms with Crippen molar-refractivity contribution < 1.29 is 9.53 Å². The summed E-state index contributed by atoms with van der Waals surface area (Å²) in [6, 6.07) is 9.77. The average molecular weight is 488 g/mol. The summed E-state index contributed by atoms with van der Waals surface area (Å²) in [7, 11) is 5.41. The van der Waals surface area contributed by atoms with Crippen LogP contribution in [0.3, 0.4) is 0 Å². The monoisotopic (exact) mass is 488 g/mol. The number of nitrogens with one attached hydrogen (secondary N) is 2. The Balaban J connectivity index is 0.00000364. The van der Waals surface area contributed by atoms with Crippen LogP contribution in [0.1, 0.15) is 32.6 Å². The number of hydrogen-bond acceptors (Lipinski definition) is 3. The van der Waals surface area contributed by atoms with Gasteiger partial charge in [0.2, 0.25) is 5.91 Å². The largest absolute Gasteiger partial charge is 0.489 e. The van der Waals surface area contributed by atoms with Crippen LogP contribution in [0.25, 0.3) is 0 Å². The maximum Gasteiger partial charge on any atom is 0.230 e. The highest BCUT2D eigenvalue weighted by Crippen LogP contribution is 2.38. The van der Waals surface area contributed by atoms with Gasteiger partial charge >= 0.3 is 0 Å². The molecule has 0 aromatic heterocycles. The topological polar surface area (TPSA) is 66.0 Å². The number of ether oxygens (including phenoxy) is 1. The fourth-order valence-electron chi connectivity index (χ4n) is 3.48. The molecule has 6 nitrogen and oxygen atoms in total. The second kappa shape index (κ2) is 11.4. The van der Waals surface area contributed by atoms with Gasteiger partial charge in [0.05, 0.1) is 12.0 Å². The Bertz CT molecular complexity index is 601. The SMILES string of the molecule is CN=C(NCC(C)Oc1ccccc1)NCC1(C(=O)N(C)C)CCCC1.I. The van der Waals surface area contributed by atoms with E-state index >= 15 is 0 Å². The number of halogens is 1. The number of rotatable bonds is 7. The Morgan fingerprint density at radius 3 is 2.41 bits per heavy atom. The Morgan fingerprint density at radius 2 is 1.85 bits per heavy atom. The molecule has 0 saturated heterocycles. The molecule has 1 aliphatic carbocycles. The zero-order valence-corrected chi connectivity index (χ0v) is 19.2. The molecule has 1 fully saturated rings. The maximum absolute atomic E-state index is 12.6. The van der Waals surface area contributed by atoms with Gasteiger partial charge in [0, 0.05) is 27.7 Å². The zero-order chi connectivity index (χ0) is 19.0. The highest BCUT2D eigenvalue weighted by atomic mass is 127. The van der Waals surface area contributed by atoms with Crippen LogP contribution in [0.4, 0.5) is 0 Å². The second-order valence-electron chi connectivity index (χ2n) is 7.24. The first-order chi connectivity index (χ1) is 12.5.